The lowest BCUT2D eigenvalue weighted by molar-refractivity contribution is -0.118. The van der Waals surface area contributed by atoms with E-state index in [-0.39, 0.29) is 17.4 Å². The topological polar surface area (TPSA) is 103 Å². The first-order valence-electron chi connectivity index (χ1n) is 12.7. The van der Waals surface area contributed by atoms with Crippen molar-refractivity contribution in [3.05, 3.63) is 29.3 Å². The summed E-state index contributed by atoms with van der Waals surface area (Å²) in [7, 11) is 3.51. The van der Waals surface area contributed by atoms with Gasteiger partial charge >= 0.3 is 0 Å². The van der Waals surface area contributed by atoms with E-state index < -0.39 is 6.23 Å². The van der Waals surface area contributed by atoms with Crippen LogP contribution in [0.4, 0.5) is 17.5 Å². The van der Waals surface area contributed by atoms with E-state index in [0.717, 1.165) is 36.6 Å². The Morgan fingerprint density at radius 3 is 2.63 bits per heavy atom. The Morgan fingerprint density at radius 1 is 1.26 bits per heavy atom. The monoisotopic (exact) mass is 484 g/mol. The summed E-state index contributed by atoms with van der Waals surface area (Å²) in [6.07, 6.45) is 8.88. The number of aliphatic hydroxyl groups is 1. The number of aromatic nitrogens is 2. The molecule has 192 valence electrons. The van der Waals surface area contributed by atoms with Crippen molar-refractivity contribution in [1.82, 2.24) is 15.3 Å². The van der Waals surface area contributed by atoms with Crippen LogP contribution in [0.1, 0.15) is 66.2 Å². The third-order valence-corrected chi connectivity index (χ3v) is 7.25. The van der Waals surface area contributed by atoms with Crippen LogP contribution in [0.3, 0.4) is 0 Å². The first-order chi connectivity index (χ1) is 16.6. The van der Waals surface area contributed by atoms with Crippen LogP contribution in [-0.4, -0.2) is 60.0 Å². The predicted octanol–water partition coefficient (Wildman–Crippen LogP) is 3.53. The highest BCUT2D eigenvalue weighted by atomic mass is 16.5. The average Bonchev–Trinajstić information content (AvgIpc) is 3.34. The number of hydrogen-bond donors (Lipinski definition) is 3. The van der Waals surface area contributed by atoms with E-state index in [1.54, 1.807) is 19.4 Å². The smallest absolute Gasteiger partial charge is 0.247 e. The molecular weight excluding hydrogens is 444 g/mol. The summed E-state index contributed by atoms with van der Waals surface area (Å²) in [6.45, 7) is 8.82. The summed E-state index contributed by atoms with van der Waals surface area (Å²) in [5, 5.41) is 17.4. The highest BCUT2D eigenvalue weighted by Crippen LogP contribution is 2.42. The van der Waals surface area contributed by atoms with Gasteiger partial charge in [0.25, 0.3) is 0 Å². The fraction of sp³-hybridized carbons (Fsp3) is 0.654. The minimum Gasteiger partial charge on any atom is -0.495 e. The number of carbonyl (C=O) groups excluding carboxylic acids is 1. The van der Waals surface area contributed by atoms with E-state index in [2.05, 4.69) is 34.4 Å². The van der Waals surface area contributed by atoms with Gasteiger partial charge in [0.2, 0.25) is 11.9 Å². The number of ether oxygens (including phenoxy) is 1. The van der Waals surface area contributed by atoms with Crippen LogP contribution < -0.4 is 20.4 Å². The fourth-order valence-electron chi connectivity index (χ4n) is 5.33. The molecule has 35 heavy (non-hydrogen) atoms. The summed E-state index contributed by atoms with van der Waals surface area (Å²) in [4.78, 5) is 26.3. The standard InChI is InChI=1S/C26H40N6O3/c1-16(2)28-23(33)17-11-12-19(21(13-17)35-6)29-25-27-14-20-22(30-25)32(18-9-7-8-10-18)15-26(3,4)24(34)31(20)5/h13-14,16,18,24,34H,7-12,15H2,1-6H3,(H,28,33)(H,27,29,30). The van der Waals surface area contributed by atoms with Crippen molar-refractivity contribution < 1.29 is 14.6 Å². The van der Waals surface area contributed by atoms with Crippen molar-refractivity contribution in [3.8, 4) is 0 Å². The summed E-state index contributed by atoms with van der Waals surface area (Å²) < 4.78 is 5.61. The lowest BCUT2D eigenvalue weighted by atomic mass is 9.89. The van der Waals surface area contributed by atoms with Crippen molar-refractivity contribution in [2.45, 2.75) is 84.5 Å². The molecule has 1 fully saturated rings. The van der Waals surface area contributed by atoms with Crippen LogP contribution in [0.25, 0.3) is 0 Å². The molecule has 3 N–H and O–H groups in total. The van der Waals surface area contributed by atoms with Gasteiger partial charge in [-0.3, -0.25) is 4.79 Å². The number of nitrogens with one attached hydrogen (secondary N) is 2. The normalized spacial score (nSPS) is 22.6. The number of carbonyl (C=O) groups is 1. The van der Waals surface area contributed by atoms with E-state index in [0.29, 0.717) is 36.2 Å². The fourth-order valence-corrected chi connectivity index (χ4v) is 5.33. The molecule has 0 spiro atoms. The zero-order chi connectivity index (χ0) is 25.3. The van der Waals surface area contributed by atoms with Gasteiger partial charge < -0.3 is 30.3 Å². The van der Waals surface area contributed by atoms with Gasteiger partial charge in [-0.25, -0.2) is 4.98 Å². The zero-order valence-corrected chi connectivity index (χ0v) is 21.9. The third kappa shape index (κ3) is 5.24. The van der Waals surface area contributed by atoms with Gasteiger partial charge in [0.05, 0.1) is 19.0 Å². The molecule has 0 saturated heterocycles. The first-order valence-corrected chi connectivity index (χ1v) is 12.7. The van der Waals surface area contributed by atoms with E-state index in [9.17, 15) is 9.90 Å². The SMILES string of the molecule is COC1=C(Nc2ncc3c(n2)N(C2CCCC2)CC(C)(C)C(O)N3C)CCC(C(=O)NC(C)C)=C1. The van der Waals surface area contributed by atoms with Crippen LogP contribution in [0.15, 0.2) is 29.3 Å². The van der Waals surface area contributed by atoms with Gasteiger partial charge in [-0.2, -0.15) is 4.98 Å². The Kier molecular flexibility index (Phi) is 7.26. The van der Waals surface area contributed by atoms with Crippen molar-refractivity contribution in [2.75, 3.05) is 35.8 Å². The molecule has 2 aliphatic carbocycles. The molecule has 1 saturated carbocycles. The molecule has 9 heteroatoms. The van der Waals surface area contributed by atoms with E-state index in [4.69, 9.17) is 9.72 Å². The lowest BCUT2D eigenvalue weighted by Gasteiger charge is -2.37. The molecule has 1 aromatic rings. The number of aliphatic hydroxyl groups excluding tert-OH is 1. The van der Waals surface area contributed by atoms with Crippen LogP contribution in [-0.2, 0) is 9.53 Å². The zero-order valence-electron chi connectivity index (χ0n) is 21.9. The number of nitrogens with zero attached hydrogens (tertiary/aromatic N) is 4. The Morgan fingerprint density at radius 2 is 1.97 bits per heavy atom. The van der Waals surface area contributed by atoms with Gasteiger partial charge in [-0.15, -0.1) is 0 Å². The van der Waals surface area contributed by atoms with Gasteiger partial charge in [-0.05, 0) is 45.6 Å². The van der Waals surface area contributed by atoms with E-state index >= 15 is 0 Å². The minimum atomic E-state index is -0.642. The molecule has 0 bridgehead atoms. The number of anilines is 3. The van der Waals surface area contributed by atoms with E-state index in [1.807, 2.05) is 25.8 Å². The molecule has 1 unspecified atom stereocenters. The number of fused-ring (bicyclic) bond motifs is 1. The van der Waals surface area contributed by atoms with Gasteiger partial charge in [0.1, 0.15) is 17.7 Å². The summed E-state index contributed by atoms with van der Waals surface area (Å²) in [6, 6.07) is 0.484. The molecule has 0 radical (unpaired) electrons. The Balaban J connectivity index is 1.66. The van der Waals surface area contributed by atoms with Crippen LogP contribution >= 0.6 is 0 Å². The van der Waals surface area contributed by atoms with Crippen molar-refractivity contribution in [2.24, 2.45) is 5.41 Å². The maximum absolute atomic E-state index is 12.5. The third-order valence-electron chi connectivity index (χ3n) is 7.25. The summed E-state index contributed by atoms with van der Waals surface area (Å²) in [5.41, 5.74) is 2.05. The van der Waals surface area contributed by atoms with Crippen LogP contribution in [0.5, 0.6) is 0 Å². The summed E-state index contributed by atoms with van der Waals surface area (Å²) in [5.74, 6) is 1.89. The Bertz CT molecular complexity index is 1010. The van der Waals surface area contributed by atoms with Gasteiger partial charge in [0, 0.05) is 36.7 Å². The maximum Gasteiger partial charge on any atom is 0.247 e. The second-order valence-corrected chi connectivity index (χ2v) is 10.9. The molecule has 9 nitrogen and oxygen atoms in total. The molecular formula is C26H40N6O3. The second kappa shape index (κ2) is 10.0. The molecule has 2 heterocycles. The average molecular weight is 485 g/mol. The largest absolute Gasteiger partial charge is 0.495 e. The van der Waals surface area contributed by atoms with Crippen molar-refractivity contribution >= 4 is 23.4 Å². The van der Waals surface area contributed by atoms with Gasteiger partial charge in [-0.1, -0.05) is 26.7 Å². The predicted molar refractivity (Wildman–Crippen MR) is 138 cm³/mol. The number of allylic oxidation sites excluding steroid dienone is 2. The lowest BCUT2D eigenvalue weighted by Crippen LogP contribution is -2.48. The second-order valence-electron chi connectivity index (χ2n) is 10.9. The highest BCUT2D eigenvalue weighted by Gasteiger charge is 2.41. The molecule has 4 rings (SSSR count). The van der Waals surface area contributed by atoms with Crippen molar-refractivity contribution in [3.63, 3.8) is 0 Å². The molecule has 3 aliphatic rings. The molecule has 1 amide bonds. The van der Waals surface area contributed by atoms with E-state index in [1.165, 1.54) is 12.8 Å². The first kappa shape index (κ1) is 25.3. The number of methoxy groups -OCH3 is 1. The number of amides is 1. The summed E-state index contributed by atoms with van der Waals surface area (Å²) >= 11 is 0. The minimum absolute atomic E-state index is 0.0636. The highest BCUT2D eigenvalue weighted by molar-refractivity contribution is 5.94. The Labute approximate surface area is 208 Å². The van der Waals surface area contributed by atoms with Crippen LogP contribution in [0.2, 0.25) is 0 Å². The molecule has 1 atom stereocenters. The molecule has 1 aliphatic heterocycles. The van der Waals surface area contributed by atoms with Gasteiger partial charge in [0.15, 0.2) is 5.82 Å². The van der Waals surface area contributed by atoms with Crippen molar-refractivity contribution in [1.29, 1.82) is 0 Å². The maximum atomic E-state index is 12.5. The van der Waals surface area contributed by atoms with Crippen LogP contribution in [0, 0.1) is 5.41 Å². The quantitative estimate of drug-likeness (QED) is 0.564. The Hall–Kier alpha value is -2.81. The molecule has 1 aromatic heterocycles. The number of hydrogen-bond acceptors (Lipinski definition) is 8. The number of rotatable bonds is 6. The molecule has 0 aromatic carbocycles.